The third-order valence-electron chi connectivity index (χ3n) is 2.05. The van der Waals surface area contributed by atoms with Crippen LogP contribution in [0.15, 0.2) is 29.1 Å². The summed E-state index contributed by atoms with van der Waals surface area (Å²) in [4.78, 5) is 3.90. The lowest BCUT2D eigenvalue weighted by Gasteiger charge is -2.07. The van der Waals surface area contributed by atoms with Crippen LogP contribution in [0.3, 0.4) is 0 Å². The molecule has 5 nitrogen and oxygen atoms in total. The summed E-state index contributed by atoms with van der Waals surface area (Å²) in [6.45, 7) is 2.52. The summed E-state index contributed by atoms with van der Waals surface area (Å²) in [6, 6.07) is 5.82. The fourth-order valence-corrected chi connectivity index (χ4v) is 1.27. The van der Waals surface area contributed by atoms with Gasteiger partial charge in [0, 0.05) is 0 Å². The molecule has 1 aromatic heterocycles. The van der Waals surface area contributed by atoms with E-state index in [0.29, 0.717) is 18.1 Å². The van der Waals surface area contributed by atoms with Crippen molar-refractivity contribution in [2.24, 2.45) is 0 Å². The zero-order valence-electron chi connectivity index (χ0n) is 8.40. The van der Waals surface area contributed by atoms with Gasteiger partial charge in [-0.25, -0.2) is 0 Å². The van der Waals surface area contributed by atoms with Gasteiger partial charge in [0.2, 0.25) is 6.39 Å². The quantitative estimate of drug-likeness (QED) is 0.742. The Labute approximate surface area is 87.3 Å². The van der Waals surface area contributed by atoms with Crippen LogP contribution >= 0.6 is 0 Å². The first kappa shape index (κ1) is 9.51. The van der Waals surface area contributed by atoms with Gasteiger partial charge in [-0.3, -0.25) is 0 Å². The van der Waals surface area contributed by atoms with E-state index in [1.54, 1.807) is 0 Å². The lowest BCUT2D eigenvalue weighted by atomic mass is 10.2. The highest BCUT2D eigenvalue weighted by atomic mass is 16.5. The number of rotatable bonds is 3. The molecule has 1 heterocycles. The molecule has 0 aliphatic rings. The molecule has 0 bridgehead atoms. The van der Waals surface area contributed by atoms with E-state index in [1.165, 1.54) is 6.39 Å². The van der Waals surface area contributed by atoms with Crippen molar-refractivity contribution < 1.29 is 4.52 Å². The maximum atomic E-state index is 5.80. The number of hydrogen-bond acceptors (Lipinski definition) is 5. The van der Waals surface area contributed by atoms with Crippen LogP contribution in [-0.4, -0.2) is 10.1 Å². The van der Waals surface area contributed by atoms with Crippen LogP contribution in [0.1, 0.15) is 11.4 Å². The minimum absolute atomic E-state index is 0.504. The van der Waals surface area contributed by atoms with Gasteiger partial charge < -0.3 is 15.6 Å². The highest BCUT2D eigenvalue weighted by Gasteiger charge is 2.01. The average Bonchev–Trinajstić information content (AvgIpc) is 2.72. The fourth-order valence-electron chi connectivity index (χ4n) is 1.27. The van der Waals surface area contributed by atoms with E-state index < -0.39 is 0 Å². The van der Waals surface area contributed by atoms with Crippen LogP contribution in [0.5, 0.6) is 0 Å². The van der Waals surface area contributed by atoms with Gasteiger partial charge in [0.25, 0.3) is 0 Å². The molecule has 0 fully saturated rings. The summed E-state index contributed by atoms with van der Waals surface area (Å²) in [7, 11) is 0. The summed E-state index contributed by atoms with van der Waals surface area (Å²) in [5.41, 5.74) is 8.56. The number of benzene rings is 1. The summed E-state index contributed by atoms with van der Waals surface area (Å²) in [5, 5.41) is 6.84. The van der Waals surface area contributed by atoms with Crippen LogP contribution in [0.25, 0.3) is 0 Å². The Balaban J connectivity index is 2.07. The number of aromatic nitrogens is 2. The van der Waals surface area contributed by atoms with E-state index in [1.807, 2.05) is 25.1 Å². The van der Waals surface area contributed by atoms with Crippen molar-refractivity contribution in [3.05, 3.63) is 36.0 Å². The Bertz CT molecular complexity index is 439. The van der Waals surface area contributed by atoms with E-state index in [-0.39, 0.29) is 0 Å². The van der Waals surface area contributed by atoms with Crippen molar-refractivity contribution >= 4 is 11.4 Å². The van der Waals surface area contributed by atoms with Crippen LogP contribution in [0, 0.1) is 6.92 Å². The first-order chi connectivity index (χ1) is 7.25. The van der Waals surface area contributed by atoms with Crippen LogP contribution in [-0.2, 0) is 6.54 Å². The van der Waals surface area contributed by atoms with E-state index in [2.05, 4.69) is 20.0 Å². The van der Waals surface area contributed by atoms with Crippen molar-refractivity contribution in [2.75, 3.05) is 11.1 Å². The van der Waals surface area contributed by atoms with Crippen molar-refractivity contribution in [3.8, 4) is 0 Å². The molecule has 2 rings (SSSR count). The number of hydrogen-bond donors (Lipinski definition) is 2. The van der Waals surface area contributed by atoms with E-state index >= 15 is 0 Å². The Morgan fingerprint density at radius 3 is 3.07 bits per heavy atom. The predicted octanol–water partition coefficient (Wildman–Crippen LogP) is 1.57. The molecule has 0 saturated heterocycles. The van der Waals surface area contributed by atoms with Crippen molar-refractivity contribution in [1.82, 2.24) is 10.1 Å². The molecule has 15 heavy (non-hydrogen) atoms. The topological polar surface area (TPSA) is 77.0 Å². The molecule has 0 aliphatic carbocycles. The molecule has 0 amide bonds. The molecule has 3 N–H and O–H groups in total. The molecule has 5 heteroatoms. The van der Waals surface area contributed by atoms with Crippen LogP contribution in [0.4, 0.5) is 11.4 Å². The lowest BCUT2D eigenvalue weighted by Crippen LogP contribution is -2.03. The molecular formula is C10H12N4O. The SMILES string of the molecule is Cc1ccc(N)c(NCc2ncon2)c1. The standard InChI is InChI=1S/C10H12N4O/c1-7-2-3-8(11)9(4-7)12-5-10-13-6-15-14-10/h2-4,6,12H,5,11H2,1H3. The highest BCUT2D eigenvalue weighted by Crippen LogP contribution is 2.19. The molecule has 0 atom stereocenters. The Kier molecular flexibility index (Phi) is 2.53. The van der Waals surface area contributed by atoms with E-state index in [4.69, 9.17) is 5.73 Å². The van der Waals surface area contributed by atoms with Gasteiger partial charge in [0.05, 0.1) is 17.9 Å². The van der Waals surface area contributed by atoms with Crippen molar-refractivity contribution in [1.29, 1.82) is 0 Å². The third kappa shape index (κ3) is 2.25. The zero-order valence-corrected chi connectivity index (χ0v) is 8.40. The van der Waals surface area contributed by atoms with Gasteiger partial charge in [-0.05, 0) is 24.6 Å². The number of nitrogens with two attached hydrogens (primary N) is 1. The molecule has 78 valence electrons. The maximum absolute atomic E-state index is 5.80. The lowest BCUT2D eigenvalue weighted by molar-refractivity contribution is 0.411. The predicted molar refractivity (Wildman–Crippen MR) is 57.2 cm³/mol. The van der Waals surface area contributed by atoms with Gasteiger partial charge in [-0.2, -0.15) is 4.98 Å². The average molecular weight is 204 g/mol. The van der Waals surface area contributed by atoms with Gasteiger partial charge in [-0.1, -0.05) is 11.2 Å². The second kappa shape index (κ2) is 4.00. The Hall–Kier alpha value is -2.04. The molecule has 0 unspecified atom stereocenters. The zero-order chi connectivity index (χ0) is 10.7. The Morgan fingerprint density at radius 1 is 1.47 bits per heavy atom. The van der Waals surface area contributed by atoms with E-state index in [9.17, 15) is 0 Å². The number of aryl methyl sites for hydroxylation is 1. The van der Waals surface area contributed by atoms with Gasteiger partial charge in [0.15, 0.2) is 5.82 Å². The number of nitrogen functional groups attached to an aromatic ring is 1. The summed E-state index contributed by atoms with van der Waals surface area (Å²) in [6.07, 6.45) is 1.30. The van der Waals surface area contributed by atoms with Crippen LogP contribution in [0.2, 0.25) is 0 Å². The van der Waals surface area contributed by atoms with Crippen molar-refractivity contribution in [2.45, 2.75) is 13.5 Å². The number of nitrogens with one attached hydrogen (secondary N) is 1. The molecule has 0 aliphatic heterocycles. The second-order valence-corrected chi connectivity index (χ2v) is 3.29. The highest BCUT2D eigenvalue weighted by molar-refractivity contribution is 5.66. The smallest absolute Gasteiger partial charge is 0.213 e. The summed E-state index contributed by atoms with van der Waals surface area (Å²) in [5.74, 6) is 0.607. The minimum atomic E-state index is 0.504. The van der Waals surface area contributed by atoms with Gasteiger partial charge >= 0.3 is 0 Å². The third-order valence-corrected chi connectivity index (χ3v) is 2.05. The number of nitrogens with zero attached hydrogens (tertiary/aromatic N) is 2. The van der Waals surface area contributed by atoms with Gasteiger partial charge in [0.1, 0.15) is 0 Å². The molecule has 1 aromatic carbocycles. The normalized spacial score (nSPS) is 10.2. The molecule has 0 radical (unpaired) electrons. The summed E-state index contributed by atoms with van der Waals surface area (Å²) >= 11 is 0. The largest absolute Gasteiger partial charge is 0.397 e. The molecular weight excluding hydrogens is 192 g/mol. The molecule has 2 aromatic rings. The summed E-state index contributed by atoms with van der Waals surface area (Å²) < 4.78 is 4.62. The fraction of sp³-hybridized carbons (Fsp3) is 0.200. The van der Waals surface area contributed by atoms with Crippen molar-refractivity contribution in [3.63, 3.8) is 0 Å². The molecule has 0 spiro atoms. The maximum Gasteiger partial charge on any atom is 0.213 e. The Morgan fingerprint density at radius 2 is 2.33 bits per heavy atom. The minimum Gasteiger partial charge on any atom is -0.397 e. The van der Waals surface area contributed by atoms with Crippen LogP contribution < -0.4 is 11.1 Å². The van der Waals surface area contributed by atoms with Gasteiger partial charge in [-0.15, -0.1) is 0 Å². The molecule has 0 saturated carbocycles. The second-order valence-electron chi connectivity index (χ2n) is 3.29. The first-order valence-electron chi connectivity index (χ1n) is 4.61. The number of anilines is 2. The van der Waals surface area contributed by atoms with E-state index in [0.717, 1.165) is 11.3 Å². The monoisotopic (exact) mass is 204 g/mol. The first-order valence-corrected chi connectivity index (χ1v) is 4.61.